The molecule has 2 aliphatic rings. The Hall–Kier alpha value is -3.26. The van der Waals surface area contributed by atoms with Gasteiger partial charge in [-0.2, -0.15) is 0 Å². The number of nitrogens with zero attached hydrogens (tertiary/aromatic N) is 2. The molecule has 158 valence electrons. The lowest BCUT2D eigenvalue weighted by molar-refractivity contribution is -0.122. The first-order chi connectivity index (χ1) is 14.4. The Balaban J connectivity index is 1.41. The van der Waals surface area contributed by atoms with Crippen LogP contribution < -0.4 is 19.7 Å². The predicted molar refractivity (Wildman–Crippen MR) is 113 cm³/mol. The van der Waals surface area contributed by atoms with Crippen molar-refractivity contribution in [2.75, 3.05) is 43.5 Å². The van der Waals surface area contributed by atoms with Crippen LogP contribution in [0.3, 0.4) is 0 Å². The van der Waals surface area contributed by atoms with E-state index in [9.17, 15) is 9.59 Å². The Labute approximate surface area is 175 Å². The van der Waals surface area contributed by atoms with Crippen LogP contribution in [0, 0.1) is 0 Å². The van der Waals surface area contributed by atoms with Crippen molar-refractivity contribution in [3.05, 3.63) is 47.5 Å². The third-order valence-electron chi connectivity index (χ3n) is 5.51. The molecule has 1 atom stereocenters. The van der Waals surface area contributed by atoms with E-state index in [1.54, 1.807) is 26.2 Å². The Morgan fingerprint density at radius 1 is 1.20 bits per heavy atom. The zero-order valence-electron chi connectivity index (χ0n) is 17.1. The first-order valence-corrected chi connectivity index (χ1v) is 9.93. The molecule has 1 unspecified atom stereocenters. The molecule has 0 bridgehead atoms. The number of anilines is 2. The average Bonchev–Trinajstić information content (AvgIpc) is 2.75. The van der Waals surface area contributed by atoms with E-state index in [0.29, 0.717) is 22.7 Å². The second-order valence-corrected chi connectivity index (χ2v) is 7.54. The largest absolute Gasteiger partial charge is 0.493 e. The van der Waals surface area contributed by atoms with Crippen LogP contribution in [0.25, 0.3) is 0 Å². The van der Waals surface area contributed by atoms with Gasteiger partial charge in [0.15, 0.2) is 17.6 Å². The normalized spacial score (nSPS) is 18.9. The summed E-state index contributed by atoms with van der Waals surface area (Å²) < 4.78 is 11.2. The summed E-state index contributed by atoms with van der Waals surface area (Å²) in [6.07, 6.45) is -0.546. The van der Waals surface area contributed by atoms with Gasteiger partial charge in [-0.3, -0.25) is 9.69 Å². The molecule has 1 saturated heterocycles. The number of carbonyl (C=O) groups excluding carboxylic acids is 1. The molecule has 1 amide bonds. The van der Waals surface area contributed by atoms with Crippen molar-refractivity contribution >= 4 is 23.3 Å². The Bertz CT molecular complexity index is 952. The van der Waals surface area contributed by atoms with Gasteiger partial charge in [-0.1, -0.05) is 0 Å². The maximum atomic E-state index is 12.0. The van der Waals surface area contributed by atoms with Gasteiger partial charge in [-0.25, -0.2) is 4.79 Å². The van der Waals surface area contributed by atoms with Crippen LogP contribution in [0.2, 0.25) is 0 Å². The van der Waals surface area contributed by atoms with Gasteiger partial charge in [0.1, 0.15) is 0 Å². The number of carboxylic acids is 1. The molecule has 0 aromatic heterocycles. The maximum absolute atomic E-state index is 12.0. The minimum atomic E-state index is -0.914. The number of hydrogen-bond donors (Lipinski definition) is 2. The number of methoxy groups -OCH3 is 1. The van der Waals surface area contributed by atoms with Crippen molar-refractivity contribution in [1.29, 1.82) is 0 Å². The zero-order valence-corrected chi connectivity index (χ0v) is 17.1. The molecule has 4 rings (SSSR count). The Kier molecular flexibility index (Phi) is 5.50. The fraction of sp³-hybridized carbons (Fsp3) is 0.364. The Morgan fingerprint density at radius 3 is 2.53 bits per heavy atom. The molecule has 2 aromatic carbocycles. The van der Waals surface area contributed by atoms with Gasteiger partial charge >= 0.3 is 5.97 Å². The predicted octanol–water partition coefficient (Wildman–Crippen LogP) is 2.43. The molecule has 0 radical (unpaired) electrons. The van der Waals surface area contributed by atoms with Crippen molar-refractivity contribution in [3.8, 4) is 11.5 Å². The number of rotatable bonds is 5. The molecule has 0 saturated carbocycles. The van der Waals surface area contributed by atoms with Crippen molar-refractivity contribution in [3.63, 3.8) is 0 Å². The summed E-state index contributed by atoms with van der Waals surface area (Å²) in [7, 11) is 1.60. The van der Waals surface area contributed by atoms with E-state index in [1.165, 1.54) is 0 Å². The summed E-state index contributed by atoms with van der Waals surface area (Å²) in [5.41, 5.74) is 3.02. The van der Waals surface area contributed by atoms with Gasteiger partial charge in [0.2, 0.25) is 0 Å². The van der Waals surface area contributed by atoms with Crippen LogP contribution in [-0.2, 0) is 11.3 Å². The molecule has 2 aromatic rings. The van der Waals surface area contributed by atoms with Crippen LogP contribution >= 0.6 is 0 Å². The summed E-state index contributed by atoms with van der Waals surface area (Å²) in [5, 5.41) is 11.9. The molecule has 0 aliphatic carbocycles. The van der Waals surface area contributed by atoms with Crippen LogP contribution in [0.5, 0.6) is 11.5 Å². The van der Waals surface area contributed by atoms with E-state index in [-0.39, 0.29) is 5.91 Å². The van der Waals surface area contributed by atoms with E-state index in [0.717, 1.165) is 44.0 Å². The summed E-state index contributed by atoms with van der Waals surface area (Å²) in [4.78, 5) is 27.6. The first kappa shape index (κ1) is 20.0. The van der Waals surface area contributed by atoms with E-state index in [4.69, 9.17) is 14.6 Å². The topological polar surface area (TPSA) is 91.3 Å². The summed E-state index contributed by atoms with van der Waals surface area (Å²) in [6, 6.07) is 10.9. The highest BCUT2D eigenvalue weighted by molar-refractivity contribution is 5.98. The standard InChI is InChI=1S/C22H25N3O5/c1-14-21(26)23-18-11-15(12-19(29-2)20(18)30-14)13-24-7-9-25(10-8-24)17-5-3-16(4-6-17)22(27)28/h3-6,11-12,14H,7-10,13H2,1-2H3,(H,23,26)(H,27,28). The Morgan fingerprint density at radius 2 is 1.90 bits per heavy atom. The SMILES string of the molecule is COc1cc(CN2CCN(c3ccc(C(=O)O)cc3)CC2)cc2c1OC(C)C(=O)N2. The van der Waals surface area contributed by atoms with Gasteiger partial charge in [0, 0.05) is 38.4 Å². The second-order valence-electron chi connectivity index (χ2n) is 7.54. The number of amides is 1. The van der Waals surface area contributed by atoms with Crippen LogP contribution in [0.4, 0.5) is 11.4 Å². The lowest BCUT2D eigenvalue weighted by Gasteiger charge is -2.36. The number of ether oxygens (including phenoxy) is 2. The van der Waals surface area contributed by atoms with E-state index >= 15 is 0 Å². The van der Waals surface area contributed by atoms with Gasteiger partial charge in [-0.05, 0) is 48.9 Å². The number of fused-ring (bicyclic) bond motifs is 1. The van der Waals surface area contributed by atoms with Gasteiger partial charge in [0.25, 0.3) is 5.91 Å². The smallest absolute Gasteiger partial charge is 0.335 e. The molecule has 2 aliphatic heterocycles. The third-order valence-corrected chi connectivity index (χ3v) is 5.51. The molecule has 2 N–H and O–H groups in total. The first-order valence-electron chi connectivity index (χ1n) is 9.93. The van der Waals surface area contributed by atoms with Gasteiger partial charge < -0.3 is 24.8 Å². The highest BCUT2D eigenvalue weighted by atomic mass is 16.5. The highest BCUT2D eigenvalue weighted by Gasteiger charge is 2.27. The molecule has 2 heterocycles. The molecular weight excluding hydrogens is 386 g/mol. The fourth-order valence-electron chi connectivity index (χ4n) is 3.82. The summed E-state index contributed by atoms with van der Waals surface area (Å²) in [5.74, 6) is 0.113. The van der Waals surface area contributed by atoms with Gasteiger partial charge in [0.05, 0.1) is 18.4 Å². The van der Waals surface area contributed by atoms with Crippen molar-refractivity contribution in [2.24, 2.45) is 0 Å². The van der Waals surface area contributed by atoms with Crippen molar-refractivity contribution in [2.45, 2.75) is 19.6 Å². The second kappa shape index (κ2) is 8.23. The third kappa shape index (κ3) is 4.04. The summed E-state index contributed by atoms with van der Waals surface area (Å²) >= 11 is 0. The highest BCUT2D eigenvalue weighted by Crippen LogP contribution is 2.40. The van der Waals surface area contributed by atoms with Crippen molar-refractivity contribution in [1.82, 2.24) is 4.90 Å². The number of hydrogen-bond acceptors (Lipinski definition) is 6. The minimum Gasteiger partial charge on any atom is -0.493 e. The lowest BCUT2D eigenvalue weighted by atomic mass is 10.1. The number of aromatic carboxylic acids is 1. The molecule has 0 spiro atoms. The minimum absolute atomic E-state index is 0.163. The number of piperazine rings is 1. The number of nitrogens with one attached hydrogen (secondary N) is 1. The van der Waals surface area contributed by atoms with E-state index in [2.05, 4.69) is 15.1 Å². The lowest BCUT2D eigenvalue weighted by Crippen LogP contribution is -2.46. The van der Waals surface area contributed by atoms with Crippen LogP contribution in [0.15, 0.2) is 36.4 Å². The van der Waals surface area contributed by atoms with Crippen molar-refractivity contribution < 1.29 is 24.2 Å². The zero-order chi connectivity index (χ0) is 21.3. The average molecular weight is 411 g/mol. The molecule has 8 heteroatoms. The van der Waals surface area contributed by atoms with Crippen LogP contribution in [-0.4, -0.2) is 61.3 Å². The number of benzene rings is 2. The molecule has 30 heavy (non-hydrogen) atoms. The van der Waals surface area contributed by atoms with Crippen LogP contribution in [0.1, 0.15) is 22.8 Å². The van der Waals surface area contributed by atoms with E-state index in [1.807, 2.05) is 24.3 Å². The number of carbonyl (C=O) groups is 2. The fourth-order valence-corrected chi connectivity index (χ4v) is 3.82. The molecule has 8 nitrogen and oxygen atoms in total. The number of carboxylic acid groups (broad SMARTS) is 1. The molecular formula is C22H25N3O5. The summed E-state index contributed by atoms with van der Waals surface area (Å²) in [6.45, 7) is 5.90. The molecule has 1 fully saturated rings. The quantitative estimate of drug-likeness (QED) is 0.781. The van der Waals surface area contributed by atoms with E-state index < -0.39 is 12.1 Å². The van der Waals surface area contributed by atoms with Gasteiger partial charge in [-0.15, -0.1) is 0 Å². The maximum Gasteiger partial charge on any atom is 0.335 e. The monoisotopic (exact) mass is 411 g/mol.